The van der Waals surface area contributed by atoms with Crippen molar-refractivity contribution >= 4 is 5.91 Å². The highest BCUT2D eigenvalue weighted by molar-refractivity contribution is 5.77. The lowest BCUT2D eigenvalue weighted by Crippen LogP contribution is -2.41. The number of hydrogen-bond acceptors (Lipinski definition) is 3. The molecule has 1 saturated carbocycles. The van der Waals surface area contributed by atoms with Gasteiger partial charge in [0.2, 0.25) is 5.91 Å². The number of fused-ring (bicyclic) bond motifs is 1. The first kappa shape index (κ1) is 16.2. The highest BCUT2D eigenvalue weighted by atomic mass is 16.5. The predicted octanol–water partition coefficient (Wildman–Crippen LogP) is 3.59. The van der Waals surface area contributed by atoms with Crippen LogP contribution in [0.1, 0.15) is 50.3 Å². The Morgan fingerprint density at radius 3 is 2.43 bits per heavy atom. The van der Waals surface area contributed by atoms with Gasteiger partial charge in [0.15, 0.2) is 11.5 Å². The molecule has 1 heterocycles. The normalized spacial score (nSPS) is 20.4. The first-order valence-electron chi connectivity index (χ1n) is 8.59. The first-order valence-corrected chi connectivity index (χ1v) is 8.59. The van der Waals surface area contributed by atoms with Gasteiger partial charge >= 0.3 is 0 Å². The van der Waals surface area contributed by atoms with Gasteiger partial charge in [-0.3, -0.25) is 4.79 Å². The average molecular weight is 317 g/mol. The molecule has 1 fully saturated rings. The Hall–Kier alpha value is -1.71. The van der Waals surface area contributed by atoms with Gasteiger partial charge in [-0.25, -0.2) is 0 Å². The van der Waals surface area contributed by atoms with Gasteiger partial charge in [-0.1, -0.05) is 13.8 Å². The van der Waals surface area contributed by atoms with E-state index in [4.69, 9.17) is 9.47 Å². The van der Waals surface area contributed by atoms with Crippen molar-refractivity contribution in [1.29, 1.82) is 0 Å². The minimum atomic E-state index is 0.213. The van der Waals surface area contributed by atoms with Gasteiger partial charge in [0.1, 0.15) is 0 Å². The molecule has 1 aliphatic carbocycles. The maximum atomic E-state index is 12.7. The summed E-state index contributed by atoms with van der Waals surface area (Å²) in [6.07, 6.45) is 3.95. The van der Waals surface area contributed by atoms with Crippen LogP contribution < -0.4 is 9.47 Å². The highest BCUT2D eigenvalue weighted by Gasteiger charge is 2.41. The molecule has 3 rings (SSSR count). The molecule has 0 spiro atoms. The summed E-state index contributed by atoms with van der Waals surface area (Å²) < 4.78 is 10.9. The zero-order valence-electron chi connectivity index (χ0n) is 14.6. The lowest BCUT2D eigenvalue weighted by atomic mass is 9.88. The van der Waals surface area contributed by atoms with Gasteiger partial charge < -0.3 is 14.4 Å². The van der Waals surface area contributed by atoms with E-state index >= 15 is 0 Å². The number of carbonyl (C=O) groups is 1. The monoisotopic (exact) mass is 317 g/mol. The van der Waals surface area contributed by atoms with Gasteiger partial charge in [-0.05, 0) is 54.4 Å². The maximum absolute atomic E-state index is 12.7. The van der Waals surface area contributed by atoms with Gasteiger partial charge in [0.05, 0.1) is 20.3 Å². The van der Waals surface area contributed by atoms with Crippen LogP contribution in [0.5, 0.6) is 11.5 Å². The summed E-state index contributed by atoms with van der Waals surface area (Å²) >= 11 is 0. The van der Waals surface area contributed by atoms with Gasteiger partial charge in [-0.15, -0.1) is 0 Å². The molecule has 0 radical (unpaired) electrons. The van der Waals surface area contributed by atoms with Crippen LogP contribution in [0.4, 0.5) is 0 Å². The van der Waals surface area contributed by atoms with Crippen LogP contribution in [0, 0.1) is 11.8 Å². The first-order chi connectivity index (χ1) is 11.0. The average Bonchev–Trinajstić information content (AvgIpc) is 3.36. The number of methoxy groups -OCH3 is 2. The second-order valence-electron chi connectivity index (χ2n) is 7.12. The molecule has 1 aromatic rings. The zero-order chi connectivity index (χ0) is 16.6. The summed E-state index contributed by atoms with van der Waals surface area (Å²) in [5, 5.41) is 0. The Labute approximate surface area is 138 Å². The number of benzene rings is 1. The van der Waals surface area contributed by atoms with E-state index in [2.05, 4.69) is 30.9 Å². The molecule has 126 valence electrons. The van der Waals surface area contributed by atoms with E-state index in [0.717, 1.165) is 24.5 Å². The van der Waals surface area contributed by atoms with Crippen molar-refractivity contribution in [2.45, 2.75) is 45.6 Å². The quantitative estimate of drug-likeness (QED) is 0.833. The van der Waals surface area contributed by atoms with E-state index in [1.54, 1.807) is 14.2 Å². The lowest BCUT2D eigenvalue weighted by Gasteiger charge is -2.38. The summed E-state index contributed by atoms with van der Waals surface area (Å²) in [7, 11) is 3.34. The van der Waals surface area contributed by atoms with Gasteiger partial charge in [0, 0.05) is 13.0 Å². The summed E-state index contributed by atoms with van der Waals surface area (Å²) in [5.41, 5.74) is 2.56. The molecule has 1 aliphatic heterocycles. The van der Waals surface area contributed by atoms with Crippen molar-refractivity contribution in [2.75, 3.05) is 20.8 Å². The number of amides is 1. The smallest absolute Gasteiger partial charge is 0.223 e. The predicted molar refractivity (Wildman–Crippen MR) is 89.9 cm³/mol. The van der Waals surface area contributed by atoms with Crippen LogP contribution in [-0.2, 0) is 11.2 Å². The van der Waals surface area contributed by atoms with E-state index in [0.29, 0.717) is 18.3 Å². The number of hydrogen-bond donors (Lipinski definition) is 0. The summed E-state index contributed by atoms with van der Waals surface area (Å²) in [6.45, 7) is 5.03. The minimum absolute atomic E-state index is 0.213. The van der Waals surface area contributed by atoms with Crippen LogP contribution in [0.25, 0.3) is 0 Å². The molecule has 0 aromatic heterocycles. The van der Waals surface area contributed by atoms with Gasteiger partial charge in [-0.2, -0.15) is 0 Å². The summed E-state index contributed by atoms with van der Waals surface area (Å²) in [4.78, 5) is 14.8. The van der Waals surface area contributed by atoms with E-state index in [1.807, 2.05) is 0 Å². The Balaban J connectivity index is 1.96. The third-order valence-electron chi connectivity index (χ3n) is 4.89. The SMILES string of the molecule is COc1cc2c(cc1OC)[C@H](C1CC1)N(C(=O)CC(C)C)CC2. The molecule has 0 saturated heterocycles. The summed E-state index contributed by atoms with van der Waals surface area (Å²) in [5.74, 6) is 2.83. The third-order valence-corrected chi connectivity index (χ3v) is 4.89. The van der Waals surface area contributed by atoms with Crippen LogP contribution in [0.15, 0.2) is 12.1 Å². The van der Waals surface area contributed by atoms with Crippen molar-refractivity contribution in [3.63, 3.8) is 0 Å². The van der Waals surface area contributed by atoms with Crippen molar-refractivity contribution < 1.29 is 14.3 Å². The molecule has 4 heteroatoms. The zero-order valence-corrected chi connectivity index (χ0v) is 14.6. The second-order valence-corrected chi connectivity index (χ2v) is 7.12. The van der Waals surface area contributed by atoms with E-state index < -0.39 is 0 Å². The Morgan fingerprint density at radius 2 is 1.87 bits per heavy atom. The van der Waals surface area contributed by atoms with Crippen LogP contribution in [0.2, 0.25) is 0 Å². The van der Waals surface area contributed by atoms with Gasteiger partial charge in [0.25, 0.3) is 0 Å². The molecule has 4 nitrogen and oxygen atoms in total. The molecule has 1 amide bonds. The molecule has 1 aromatic carbocycles. The molecule has 23 heavy (non-hydrogen) atoms. The summed E-state index contributed by atoms with van der Waals surface area (Å²) in [6, 6.07) is 4.39. The van der Waals surface area contributed by atoms with Crippen LogP contribution in [-0.4, -0.2) is 31.6 Å². The molecule has 1 atom stereocenters. The number of rotatable bonds is 5. The van der Waals surface area contributed by atoms with E-state index in [1.165, 1.54) is 24.0 Å². The molecular formula is C19H27NO3. The Bertz CT molecular complexity index is 593. The fraction of sp³-hybridized carbons (Fsp3) is 0.632. The number of ether oxygens (including phenoxy) is 2. The molecule has 0 N–H and O–H groups in total. The van der Waals surface area contributed by atoms with E-state index in [-0.39, 0.29) is 11.9 Å². The fourth-order valence-corrected chi connectivity index (χ4v) is 3.64. The van der Waals surface area contributed by atoms with Crippen LogP contribution in [0.3, 0.4) is 0 Å². The second kappa shape index (κ2) is 6.42. The van der Waals surface area contributed by atoms with Crippen molar-refractivity contribution in [3.8, 4) is 11.5 Å². The minimum Gasteiger partial charge on any atom is -0.493 e. The Morgan fingerprint density at radius 1 is 1.22 bits per heavy atom. The Kier molecular flexibility index (Phi) is 4.51. The van der Waals surface area contributed by atoms with Crippen LogP contribution >= 0.6 is 0 Å². The highest BCUT2D eigenvalue weighted by Crippen LogP contribution is 2.49. The molecule has 2 aliphatic rings. The fourth-order valence-electron chi connectivity index (χ4n) is 3.64. The number of nitrogens with zero attached hydrogens (tertiary/aromatic N) is 1. The number of carbonyl (C=O) groups excluding carboxylic acids is 1. The van der Waals surface area contributed by atoms with E-state index in [9.17, 15) is 4.79 Å². The lowest BCUT2D eigenvalue weighted by molar-refractivity contribution is -0.135. The largest absolute Gasteiger partial charge is 0.493 e. The maximum Gasteiger partial charge on any atom is 0.223 e. The molecular weight excluding hydrogens is 290 g/mol. The van der Waals surface area contributed by atoms with Crippen molar-refractivity contribution in [1.82, 2.24) is 4.90 Å². The third kappa shape index (κ3) is 3.17. The van der Waals surface area contributed by atoms with Crippen molar-refractivity contribution in [2.24, 2.45) is 11.8 Å². The topological polar surface area (TPSA) is 38.8 Å². The molecule has 0 bridgehead atoms. The standard InChI is InChI=1S/C19H27NO3/c1-12(2)9-18(21)20-8-7-14-10-16(22-3)17(23-4)11-15(14)19(20)13-5-6-13/h10-13,19H,5-9H2,1-4H3/t19-/m0/s1. The van der Waals surface area contributed by atoms with Crippen molar-refractivity contribution in [3.05, 3.63) is 23.3 Å². The molecule has 0 unspecified atom stereocenters.